The molecule has 0 rings (SSSR count). The zero-order chi connectivity index (χ0) is 11.9. The molecule has 92 valence electrons. The van der Waals surface area contributed by atoms with E-state index in [9.17, 15) is 0 Å². The number of methoxy groups -OCH3 is 1. The molecule has 0 aromatic heterocycles. The highest BCUT2D eigenvalue weighted by Crippen LogP contribution is 2.17. The summed E-state index contributed by atoms with van der Waals surface area (Å²) in [6.07, 6.45) is 1.02. The molecule has 0 heterocycles. The molecule has 0 spiro atoms. The summed E-state index contributed by atoms with van der Waals surface area (Å²) in [5.74, 6) is 0. The van der Waals surface area contributed by atoms with Gasteiger partial charge < -0.3 is 15.4 Å². The van der Waals surface area contributed by atoms with E-state index in [0.717, 1.165) is 19.5 Å². The molecular formula is C11H27N3O. The lowest BCUT2D eigenvalue weighted by Crippen LogP contribution is -2.56. The highest BCUT2D eigenvalue weighted by Gasteiger charge is 2.31. The van der Waals surface area contributed by atoms with Crippen molar-refractivity contribution in [2.45, 2.75) is 18.9 Å². The lowest BCUT2D eigenvalue weighted by atomic mass is 9.95. The first kappa shape index (κ1) is 14.8. The SMILES string of the molecule is CCC(CN)(COC)N(C)CCN(C)C. The van der Waals surface area contributed by atoms with Crippen LogP contribution in [0.5, 0.6) is 0 Å². The number of hydrogen-bond acceptors (Lipinski definition) is 4. The molecule has 0 aromatic carbocycles. The average Bonchev–Trinajstić information content (AvgIpc) is 2.22. The van der Waals surface area contributed by atoms with Crippen LogP contribution in [0.25, 0.3) is 0 Å². The van der Waals surface area contributed by atoms with E-state index in [1.807, 2.05) is 0 Å². The molecule has 2 N–H and O–H groups in total. The second kappa shape index (κ2) is 7.17. The molecule has 0 bridgehead atoms. The molecule has 1 unspecified atom stereocenters. The molecule has 0 aliphatic carbocycles. The van der Waals surface area contributed by atoms with Crippen LogP contribution in [0.3, 0.4) is 0 Å². The predicted octanol–water partition coefficient (Wildman–Crippen LogP) is 0.234. The minimum Gasteiger partial charge on any atom is -0.383 e. The maximum Gasteiger partial charge on any atom is 0.0658 e. The third-order valence-corrected chi connectivity index (χ3v) is 3.14. The number of ether oxygens (including phenoxy) is 1. The molecule has 0 aromatic rings. The van der Waals surface area contributed by atoms with Crippen LogP contribution in [-0.4, -0.2) is 69.8 Å². The van der Waals surface area contributed by atoms with E-state index in [2.05, 4.69) is 37.9 Å². The molecule has 0 aliphatic rings. The molecule has 4 nitrogen and oxygen atoms in total. The van der Waals surface area contributed by atoms with Crippen LogP contribution in [0.1, 0.15) is 13.3 Å². The average molecular weight is 217 g/mol. The fourth-order valence-electron chi connectivity index (χ4n) is 1.70. The maximum atomic E-state index is 5.88. The van der Waals surface area contributed by atoms with Gasteiger partial charge in [0.2, 0.25) is 0 Å². The predicted molar refractivity (Wildman–Crippen MR) is 65.1 cm³/mol. The molecule has 0 amide bonds. The molecule has 0 fully saturated rings. The van der Waals surface area contributed by atoms with E-state index >= 15 is 0 Å². The third kappa shape index (κ3) is 4.47. The smallest absolute Gasteiger partial charge is 0.0658 e. The van der Waals surface area contributed by atoms with Crippen molar-refractivity contribution < 1.29 is 4.74 Å². The minimum absolute atomic E-state index is 0.00917. The summed E-state index contributed by atoms with van der Waals surface area (Å²) < 4.78 is 5.28. The summed E-state index contributed by atoms with van der Waals surface area (Å²) in [4.78, 5) is 4.50. The molecule has 4 heteroatoms. The molecule has 0 saturated carbocycles. The van der Waals surface area contributed by atoms with Gasteiger partial charge in [-0.3, -0.25) is 4.90 Å². The van der Waals surface area contributed by atoms with Gasteiger partial charge in [0.05, 0.1) is 12.1 Å². The Hall–Kier alpha value is -0.160. The Morgan fingerprint density at radius 2 is 1.80 bits per heavy atom. The highest BCUT2D eigenvalue weighted by molar-refractivity contribution is 4.89. The Kier molecular flexibility index (Phi) is 7.09. The first-order valence-corrected chi connectivity index (χ1v) is 5.57. The minimum atomic E-state index is -0.00917. The molecule has 0 saturated heterocycles. The molecule has 15 heavy (non-hydrogen) atoms. The lowest BCUT2D eigenvalue weighted by molar-refractivity contribution is 0.0251. The first-order chi connectivity index (χ1) is 7.02. The quantitative estimate of drug-likeness (QED) is 0.632. The number of nitrogens with two attached hydrogens (primary N) is 1. The van der Waals surface area contributed by atoms with Gasteiger partial charge in [-0.25, -0.2) is 0 Å². The number of likely N-dealkylation sites (N-methyl/N-ethyl adjacent to an activating group) is 2. The van der Waals surface area contributed by atoms with E-state index in [0.29, 0.717) is 13.2 Å². The van der Waals surface area contributed by atoms with Crippen LogP contribution >= 0.6 is 0 Å². The van der Waals surface area contributed by atoms with Gasteiger partial charge in [-0.05, 0) is 27.6 Å². The first-order valence-electron chi connectivity index (χ1n) is 5.57. The monoisotopic (exact) mass is 217 g/mol. The summed E-state index contributed by atoms with van der Waals surface area (Å²) >= 11 is 0. The maximum absolute atomic E-state index is 5.88. The van der Waals surface area contributed by atoms with Crippen molar-refractivity contribution >= 4 is 0 Å². The fraction of sp³-hybridized carbons (Fsp3) is 1.00. The second-order valence-corrected chi connectivity index (χ2v) is 4.44. The van der Waals surface area contributed by atoms with Gasteiger partial charge in [-0.15, -0.1) is 0 Å². The van der Waals surface area contributed by atoms with E-state index in [-0.39, 0.29) is 5.54 Å². The topological polar surface area (TPSA) is 41.7 Å². The van der Waals surface area contributed by atoms with Crippen LogP contribution in [0.15, 0.2) is 0 Å². The van der Waals surface area contributed by atoms with E-state index in [4.69, 9.17) is 10.5 Å². The van der Waals surface area contributed by atoms with Crippen molar-refractivity contribution in [1.29, 1.82) is 0 Å². The van der Waals surface area contributed by atoms with Crippen molar-refractivity contribution in [1.82, 2.24) is 9.80 Å². The molecule has 1 atom stereocenters. The number of hydrogen-bond donors (Lipinski definition) is 1. The van der Waals surface area contributed by atoms with Gasteiger partial charge >= 0.3 is 0 Å². The largest absolute Gasteiger partial charge is 0.383 e. The van der Waals surface area contributed by atoms with Crippen LogP contribution in [0.4, 0.5) is 0 Å². The van der Waals surface area contributed by atoms with Gasteiger partial charge in [-0.2, -0.15) is 0 Å². The Labute approximate surface area is 94.4 Å². The fourth-order valence-corrected chi connectivity index (χ4v) is 1.70. The Balaban J connectivity index is 4.32. The van der Waals surface area contributed by atoms with Crippen LogP contribution in [0.2, 0.25) is 0 Å². The van der Waals surface area contributed by atoms with Crippen molar-refractivity contribution in [3.8, 4) is 0 Å². The van der Waals surface area contributed by atoms with Crippen LogP contribution < -0.4 is 5.73 Å². The summed E-state index contributed by atoms with van der Waals surface area (Å²) in [5, 5.41) is 0. The standard InChI is InChI=1S/C11H27N3O/c1-6-11(9-12,10-15-5)14(4)8-7-13(2)3/h6-10,12H2,1-5H3. The van der Waals surface area contributed by atoms with E-state index < -0.39 is 0 Å². The summed E-state index contributed by atoms with van der Waals surface area (Å²) in [5.41, 5.74) is 5.87. The Morgan fingerprint density at radius 1 is 1.20 bits per heavy atom. The Bertz CT molecular complexity index is 158. The molecular weight excluding hydrogens is 190 g/mol. The van der Waals surface area contributed by atoms with E-state index in [1.54, 1.807) is 7.11 Å². The van der Waals surface area contributed by atoms with Crippen molar-refractivity contribution in [2.24, 2.45) is 5.73 Å². The summed E-state index contributed by atoms with van der Waals surface area (Å²) in [6.45, 7) is 5.56. The van der Waals surface area contributed by atoms with Crippen molar-refractivity contribution in [3.05, 3.63) is 0 Å². The van der Waals surface area contributed by atoms with Gasteiger partial charge in [0.1, 0.15) is 0 Å². The van der Waals surface area contributed by atoms with Crippen LogP contribution in [0, 0.1) is 0 Å². The van der Waals surface area contributed by atoms with Crippen molar-refractivity contribution in [2.75, 3.05) is 54.5 Å². The van der Waals surface area contributed by atoms with Gasteiger partial charge in [0.15, 0.2) is 0 Å². The second-order valence-electron chi connectivity index (χ2n) is 4.44. The lowest BCUT2D eigenvalue weighted by Gasteiger charge is -2.40. The number of nitrogens with zero attached hydrogens (tertiary/aromatic N) is 2. The van der Waals surface area contributed by atoms with Crippen molar-refractivity contribution in [3.63, 3.8) is 0 Å². The number of rotatable bonds is 8. The summed E-state index contributed by atoms with van der Waals surface area (Å²) in [6, 6.07) is 0. The van der Waals surface area contributed by atoms with Crippen LogP contribution in [-0.2, 0) is 4.74 Å². The normalized spacial score (nSPS) is 16.0. The van der Waals surface area contributed by atoms with Gasteiger partial charge in [0.25, 0.3) is 0 Å². The van der Waals surface area contributed by atoms with Gasteiger partial charge in [-0.1, -0.05) is 6.92 Å². The molecule has 0 aliphatic heterocycles. The van der Waals surface area contributed by atoms with Gasteiger partial charge in [0, 0.05) is 26.7 Å². The third-order valence-electron chi connectivity index (χ3n) is 3.14. The zero-order valence-electron chi connectivity index (χ0n) is 10.9. The zero-order valence-corrected chi connectivity index (χ0v) is 10.9. The summed E-state index contributed by atoms with van der Waals surface area (Å²) in [7, 11) is 8.03. The Morgan fingerprint density at radius 3 is 2.13 bits per heavy atom. The molecule has 0 radical (unpaired) electrons. The highest BCUT2D eigenvalue weighted by atomic mass is 16.5. The van der Waals surface area contributed by atoms with E-state index in [1.165, 1.54) is 0 Å².